The highest BCUT2D eigenvalue weighted by Crippen LogP contribution is 2.18. The van der Waals surface area contributed by atoms with Gasteiger partial charge in [-0.1, -0.05) is 85.5 Å². The van der Waals surface area contributed by atoms with E-state index in [9.17, 15) is 0 Å². The highest BCUT2D eigenvalue weighted by atomic mass is 14.8. The summed E-state index contributed by atoms with van der Waals surface area (Å²) in [5.74, 6) is 1.85. The van der Waals surface area contributed by atoms with Gasteiger partial charge in [0, 0.05) is 0 Å². The summed E-state index contributed by atoms with van der Waals surface area (Å²) in [6, 6.07) is 0. The van der Waals surface area contributed by atoms with Gasteiger partial charge in [-0.2, -0.15) is 0 Å². The maximum absolute atomic E-state index is 3.65. The Labute approximate surface area is 129 Å². The summed E-state index contributed by atoms with van der Waals surface area (Å²) in [7, 11) is 0. The molecule has 1 heteroatoms. The molecule has 0 saturated carbocycles. The molecule has 0 aliphatic rings. The highest BCUT2D eigenvalue weighted by molar-refractivity contribution is 4.62. The molecule has 0 spiro atoms. The Balaban J connectivity index is 3.39. The van der Waals surface area contributed by atoms with Crippen molar-refractivity contribution in [1.82, 2.24) is 5.32 Å². The molecule has 20 heavy (non-hydrogen) atoms. The van der Waals surface area contributed by atoms with E-state index in [-0.39, 0.29) is 0 Å². The van der Waals surface area contributed by atoms with Crippen LogP contribution in [-0.2, 0) is 0 Å². The number of hydrogen-bond donors (Lipinski definition) is 1. The quantitative estimate of drug-likeness (QED) is 0.354. The molecule has 1 unspecified atom stereocenters. The zero-order valence-electron chi connectivity index (χ0n) is 14.8. The van der Waals surface area contributed by atoms with Gasteiger partial charge in [0.25, 0.3) is 0 Å². The monoisotopic (exact) mass is 283 g/mol. The van der Waals surface area contributed by atoms with Crippen LogP contribution in [0.5, 0.6) is 0 Å². The first-order valence-electron chi connectivity index (χ1n) is 9.41. The van der Waals surface area contributed by atoms with Crippen molar-refractivity contribution in [1.29, 1.82) is 0 Å². The third-order valence-corrected chi connectivity index (χ3v) is 4.28. The Morgan fingerprint density at radius 1 is 0.650 bits per heavy atom. The second-order valence-corrected chi connectivity index (χ2v) is 6.93. The Morgan fingerprint density at radius 2 is 1.40 bits per heavy atom. The molecule has 0 aromatic rings. The summed E-state index contributed by atoms with van der Waals surface area (Å²) in [5.41, 5.74) is 0. The molecule has 0 radical (unpaired) electrons. The van der Waals surface area contributed by atoms with Crippen LogP contribution in [0.1, 0.15) is 98.3 Å². The van der Waals surface area contributed by atoms with Crippen LogP contribution in [0.15, 0.2) is 0 Å². The maximum atomic E-state index is 3.65. The van der Waals surface area contributed by atoms with Gasteiger partial charge in [0.15, 0.2) is 0 Å². The summed E-state index contributed by atoms with van der Waals surface area (Å²) in [6.45, 7) is 11.7. The molecular formula is C19H41N. The predicted molar refractivity (Wildman–Crippen MR) is 93.3 cm³/mol. The molecule has 1 atom stereocenters. The minimum Gasteiger partial charge on any atom is -0.317 e. The largest absolute Gasteiger partial charge is 0.317 e. The first-order valence-corrected chi connectivity index (χ1v) is 9.41. The fourth-order valence-corrected chi connectivity index (χ4v) is 2.93. The SMILES string of the molecule is CCCCCC(CCC)CCNCCCCCC(C)C. The summed E-state index contributed by atoms with van der Waals surface area (Å²) in [6.07, 6.45) is 15.4. The number of unbranched alkanes of at least 4 members (excludes halogenated alkanes) is 4. The average Bonchev–Trinajstić information content (AvgIpc) is 2.41. The number of hydrogen-bond acceptors (Lipinski definition) is 1. The normalized spacial score (nSPS) is 13.1. The van der Waals surface area contributed by atoms with Crippen molar-refractivity contribution in [3.8, 4) is 0 Å². The molecule has 0 aromatic carbocycles. The van der Waals surface area contributed by atoms with Crippen LogP contribution in [0.2, 0.25) is 0 Å². The zero-order chi connectivity index (χ0) is 15.1. The smallest absolute Gasteiger partial charge is 0.00463 e. The van der Waals surface area contributed by atoms with E-state index >= 15 is 0 Å². The van der Waals surface area contributed by atoms with Gasteiger partial charge in [-0.05, 0) is 37.8 Å². The fraction of sp³-hybridized carbons (Fsp3) is 1.00. The average molecular weight is 284 g/mol. The standard InChI is InChI=1S/C19H41N/c1-5-7-9-14-19(12-6-2)15-17-20-16-11-8-10-13-18(3)4/h18-20H,5-17H2,1-4H3. The molecule has 0 fully saturated rings. The minimum atomic E-state index is 0.876. The van der Waals surface area contributed by atoms with E-state index in [1.165, 1.54) is 83.7 Å². The summed E-state index contributed by atoms with van der Waals surface area (Å²) in [5, 5.41) is 3.65. The van der Waals surface area contributed by atoms with Crippen LogP contribution in [0, 0.1) is 11.8 Å². The van der Waals surface area contributed by atoms with E-state index < -0.39 is 0 Å². The van der Waals surface area contributed by atoms with Crippen molar-refractivity contribution >= 4 is 0 Å². The van der Waals surface area contributed by atoms with Gasteiger partial charge in [-0.15, -0.1) is 0 Å². The Hall–Kier alpha value is -0.0400. The van der Waals surface area contributed by atoms with Crippen LogP contribution in [0.4, 0.5) is 0 Å². The van der Waals surface area contributed by atoms with Gasteiger partial charge in [0.2, 0.25) is 0 Å². The number of rotatable bonds is 15. The van der Waals surface area contributed by atoms with Crippen molar-refractivity contribution in [2.24, 2.45) is 11.8 Å². The van der Waals surface area contributed by atoms with Crippen molar-refractivity contribution in [2.75, 3.05) is 13.1 Å². The van der Waals surface area contributed by atoms with Crippen molar-refractivity contribution in [3.05, 3.63) is 0 Å². The topological polar surface area (TPSA) is 12.0 Å². The zero-order valence-corrected chi connectivity index (χ0v) is 14.8. The van der Waals surface area contributed by atoms with Crippen LogP contribution >= 0.6 is 0 Å². The molecule has 0 amide bonds. The van der Waals surface area contributed by atoms with Crippen LogP contribution in [0.25, 0.3) is 0 Å². The lowest BCUT2D eigenvalue weighted by Gasteiger charge is -2.16. The Morgan fingerprint density at radius 3 is 2.05 bits per heavy atom. The lowest BCUT2D eigenvalue weighted by molar-refractivity contribution is 0.387. The second-order valence-electron chi connectivity index (χ2n) is 6.93. The van der Waals surface area contributed by atoms with Gasteiger partial charge < -0.3 is 5.32 Å². The van der Waals surface area contributed by atoms with Crippen LogP contribution < -0.4 is 5.32 Å². The molecule has 0 bridgehead atoms. The van der Waals surface area contributed by atoms with E-state index in [1.807, 2.05) is 0 Å². The Kier molecular flexibility index (Phi) is 15.3. The van der Waals surface area contributed by atoms with Gasteiger partial charge in [-0.3, -0.25) is 0 Å². The van der Waals surface area contributed by atoms with Crippen molar-refractivity contribution in [2.45, 2.75) is 98.3 Å². The third kappa shape index (κ3) is 14.4. The van der Waals surface area contributed by atoms with E-state index in [1.54, 1.807) is 0 Å². The molecule has 1 nitrogen and oxygen atoms in total. The minimum absolute atomic E-state index is 0.876. The van der Waals surface area contributed by atoms with E-state index in [2.05, 4.69) is 33.0 Å². The fourth-order valence-electron chi connectivity index (χ4n) is 2.93. The molecule has 0 aliphatic carbocycles. The molecule has 0 aliphatic heterocycles. The molecule has 0 rings (SSSR count). The van der Waals surface area contributed by atoms with Gasteiger partial charge >= 0.3 is 0 Å². The summed E-state index contributed by atoms with van der Waals surface area (Å²) in [4.78, 5) is 0. The maximum Gasteiger partial charge on any atom is -0.00463 e. The lowest BCUT2D eigenvalue weighted by atomic mass is 9.93. The third-order valence-electron chi connectivity index (χ3n) is 4.28. The Bertz CT molecular complexity index is 177. The molecular weight excluding hydrogens is 242 g/mol. The molecule has 0 aromatic heterocycles. The van der Waals surface area contributed by atoms with Gasteiger partial charge in [0.1, 0.15) is 0 Å². The summed E-state index contributed by atoms with van der Waals surface area (Å²) < 4.78 is 0. The lowest BCUT2D eigenvalue weighted by Crippen LogP contribution is -2.19. The molecule has 0 heterocycles. The van der Waals surface area contributed by atoms with Crippen LogP contribution in [-0.4, -0.2) is 13.1 Å². The molecule has 1 N–H and O–H groups in total. The predicted octanol–water partition coefficient (Wildman–Crippen LogP) is 6.18. The highest BCUT2D eigenvalue weighted by Gasteiger charge is 2.06. The first-order chi connectivity index (χ1) is 9.70. The summed E-state index contributed by atoms with van der Waals surface area (Å²) >= 11 is 0. The van der Waals surface area contributed by atoms with E-state index in [0.29, 0.717) is 0 Å². The molecule has 122 valence electrons. The van der Waals surface area contributed by atoms with Crippen molar-refractivity contribution < 1.29 is 0 Å². The second kappa shape index (κ2) is 15.4. The van der Waals surface area contributed by atoms with Gasteiger partial charge in [0.05, 0.1) is 0 Å². The van der Waals surface area contributed by atoms with E-state index in [4.69, 9.17) is 0 Å². The van der Waals surface area contributed by atoms with Gasteiger partial charge in [-0.25, -0.2) is 0 Å². The first kappa shape index (κ1) is 20.0. The van der Waals surface area contributed by atoms with E-state index in [0.717, 1.165) is 11.8 Å². The molecule has 0 saturated heterocycles. The van der Waals surface area contributed by atoms with Crippen molar-refractivity contribution in [3.63, 3.8) is 0 Å². The number of nitrogens with one attached hydrogen (secondary N) is 1. The van der Waals surface area contributed by atoms with Crippen LogP contribution in [0.3, 0.4) is 0 Å².